The van der Waals surface area contributed by atoms with Crippen molar-refractivity contribution >= 4 is 23.8 Å². The van der Waals surface area contributed by atoms with Crippen molar-refractivity contribution in [2.75, 3.05) is 26.2 Å². The van der Waals surface area contributed by atoms with Crippen molar-refractivity contribution in [2.45, 2.75) is 138 Å². The van der Waals surface area contributed by atoms with E-state index >= 15 is 0 Å². The maximum absolute atomic E-state index is 7.08. The molecule has 3 aromatic carbocycles. The van der Waals surface area contributed by atoms with E-state index in [1.807, 2.05) is 0 Å². The number of hydrogen-bond acceptors (Lipinski definition) is 2. The zero-order chi connectivity index (χ0) is 34.4. The Labute approximate surface area is 304 Å². The lowest BCUT2D eigenvalue weighted by Gasteiger charge is -2.39. The fourth-order valence-corrected chi connectivity index (χ4v) is 8.38. The van der Waals surface area contributed by atoms with Gasteiger partial charge in [0.1, 0.15) is 0 Å². The second kappa shape index (κ2) is 16.7. The van der Waals surface area contributed by atoms with E-state index < -0.39 is 6.03 Å². The minimum absolute atomic E-state index is 0. The van der Waals surface area contributed by atoms with Crippen LogP contribution in [0.1, 0.15) is 139 Å². The smallest absolute Gasteiger partial charge is 0.340 e. The van der Waals surface area contributed by atoms with Crippen LogP contribution in [0.3, 0.4) is 0 Å². The Morgan fingerprint density at radius 1 is 0.560 bits per heavy atom. The molecule has 1 unspecified atom stereocenters. The molecule has 3 heterocycles. The zero-order valence-electron chi connectivity index (χ0n) is 31.5. The largest absolute Gasteiger partial charge is 0.715 e. The van der Waals surface area contributed by atoms with Gasteiger partial charge in [-0.25, -0.2) is 0 Å². The maximum atomic E-state index is 7.08. The molecule has 1 atom stereocenters. The average Bonchev–Trinajstić information content (AvgIpc) is 3.38. The average molecular weight is 681 g/mol. The molecule has 0 amide bonds. The van der Waals surface area contributed by atoms with Gasteiger partial charge in [0.05, 0.1) is 37.3 Å². The number of quaternary nitrogens is 1. The second-order valence-corrected chi connectivity index (χ2v) is 15.1. The van der Waals surface area contributed by atoms with E-state index in [0.717, 1.165) is 52.4 Å². The lowest BCUT2D eigenvalue weighted by atomic mass is 9.99. The Kier molecular flexibility index (Phi) is 12.6. The molecule has 0 fully saturated rings. The number of para-hydroxylation sites is 2. The van der Waals surface area contributed by atoms with Crippen molar-refractivity contribution in [2.24, 2.45) is 0 Å². The normalized spacial score (nSPS) is 16.8. The molecule has 3 aromatic rings. The lowest BCUT2D eigenvalue weighted by molar-refractivity contribution is -0.929. The molecule has 3 aliphatic heterocycles. The van der Waals surface area contributed by atoms with E-state index in [9.17, 15) is 0 Å². The number of nitrogens with zero attached hydrogens (tertiary/aromatic N) is 3. The Hall–Kier alpha value is -3.44. The Bertz CT molecular complexity index is 1670. The summed E-state index contributed by atoms with van der Waals surface area (Å²) in [5, 5.41) is 0. The first-order valence-corrected chi connectivity index (χ1v) is 19.7. The van der Waals surface area contributed by atoms with Gasteiger partial charge >= 0.3 is 6.03 Å². The molecule has 3 aliphatic rings. The molecule has 0 aliphatic carbocycles. The minimum Gasteiger partial charge on any atom is -0.340 e. The van der Waals surface area contributed by atoms with Crippen LogP contribution < -0.4 is 9.47 Å². The van der Waals surface area contributed by atoms with Gasteiger partial charge in [-0.1, -0.05) is 91.5 Å². The van der Waals surface area contributed by atoms with E-state index in [0.29, 0.717) is 0 Å². The molecule has 0 saturated carbocycles. The summed E-state index contributed by atoms with van der Waals surface area (Å²) in [6.07, 6.45) is 20.8. The van der Waals surface area contributed by atoms with Crippen LogP contribution in [0.25, 0.3) is 0 Å². The molecular weight excluding hydrogens is 615 g/mol. The number of aryl methyl sites for hydroxylation is 4. The number of hydrogen-bond donors (Lipinski definition) is 0. The lowest BCUT2D eigenvalue weighted by Crippen LogP contribution is -2.59. The summed E-state index contributed by atoms with van der Waals surface area (Å²) in [6.45, 7) is 19.0. The number of ether oxygens (including phenoxy) is 2. The molecule has 0 bridgehead atoms. The highest BCUT2D eigenvalue weighted by Crippen LogP contribution is 2.49. The number of benzene rings is 3. The molecule has 1 spiro atoms. The van der Waals surface area contributed by atoms with E-state index in [2.05, 4.69) is 112 Å². The van der Waals surface area contributed by atoms with Gasteiger partial charge in [0.2, 0.25) is 0 Å². The Balaban J connectivity index is 0.00000486. The molecule has 0 radical (unpaired) electrons. The summed E-state index contributed by atoms with van der Waals surface area (Å²) < 4.78 is 19.9. The van der Waals surface area contributed by atoms with Gasteiger partial charge in [0.15, 0.2) is 23.9 Å². The highest BCUT2D eigenvalue weighted by molar-refractivity contribution is 5.86. The summed E-state index contributed by atoms with van der Waals surface area (Å²) >= 11 is 0. The summed E-state index contributed by atoms with van der Waals surface area (Å²) in [7, 11) is 0. The molecular formula is C45H66N3O2+3. The second-order valence-electron chi connectivity index (χ2n) is 15.1. The van der Waals surface area contributed by atoms with E-state index in [1.54, 1.807) is 0 Å². The van der Waals surface area contributed by atoms with Crippen molar-refractivity contribution in [3.8, 4) is 11.5 Å². The first kappa shape index (κ1) is 37.8. The fourth-order valence-electron chi connectivity index (χ4n) is 8.38. The van der Waals surface area contributed by atoms with Crippen LogP contribution >= 0.6 is 0 Å². The topological polar surface area (TPSA) is 24.5 Å². The predicted octanol–water partition coefficient (Wildman–Crippen LogP) is 11.1. The molecule has 0 N–H and O–H groups in total. The van der Waals surface area contributed by atoms with Gasteiger partial charge in [0, 0.05) is 12.1 Å². The SMILES string of the molecule is C.CCCCCc1cc(C)c2c(c1)C=[N+]1c3ccccc3[N+]3=Cc4cc(CCCC[N+](CCCC)(CCCC)CCCC)cc(C)c4OC13O2. The molecule has 270 valence electrons. The first-order valence-electron chi connectivity index (χ1n) is 19.7. The summed E-state index contributed by atoms with van der Waals surface area (Å²) in [5.74, 6) is 1.82. The van der Waals surface area contributed by atoms with E-state index in [4.69, 9.17) is 9.47 Å². The van der Waals surface area contributed by atoms with Crippen molar-refractivity contribution in [1.82, 2.24) is 0 Å². The van der Waals surface area contributed by atoms with E-state index in [-0.39, 0.29) is 7.43 Å². The minimum atomic E-state index is -1.12. The van der Waals surface area contributed by atoms with Gasteiger partial charge < -0.3 is 14.0 Å². The van der Waals surface area contributed by atoms with Gasteiger partial charge in [0.25, 0.3) is 11.4 Å². The van der Waals surface area contributed by atoms with Gasteiger partial charge in [-0.2, -0.15) is 0 Å². The maximum Gasteiger partial charge on any atom is 0.715 e. The van der Waals surface area contributed by atoms with Crippen molar-refractivity contribution in [3.63, 3.8) is 0 Å². The monoisotopic (exact) mass is 681 g/mol. The van der Waals surface area contributed by atoms with Gasteiger partial charge in [-0.05, 0) is 109 Å². The highest BCUT2D eigenvalue weighted by Gasteiger charge is 2.72. The van der Waals surface area contributed by atoms with Crippen molar-refractivity contribution in [1.29, 1.82) is 0 Å². The summed E-state index contributed by atoms with van der Waals surface area (Å²) in [6, 6.07) is 16.8. The number of rotatable bonds is 18. The van der Waals surface area contributed by atoms with Gasteiger partial charge in [-0.15, -0.1) is 0 Å². The molecule has 5 heteroatoms. The van der Waals surface area contributed by atoms with Crippen LogP contribution in [0.2, 0.25) is 0 Å². The molecule has 0 saturated heterocycles. The molecule has 50 heavy (non-hydrogen) atoms. The van der Waals surface area contributed by atoms with Crippen LogP contribution in [0.5, 0.6) is 11.5 Å². The van der Waals surface area contributed by atoms with E-state index in [1.165, 1.54) is 118 Å². The van der Waals surface area contributed by atoms with Crippen LogP contribution in [-0.2, 0) is 12.8 Å². The fraction of sp³-hybridized carbons (Fsp3) is 0.556. The molecule has 0 aromatic heterocycles. The third kappa shape index (κ3) is 7.59. The standard InChI is InChI=1S/C44H62N3O2.CH4/c1-7-11-15-20-36-28-34(5)42-38(30-36)32-45-40-22-16-17-23-41(40)46-33-39-31-37(29-35(6)43(39)49-44(45,46)48-42)21-18-19-27-47(24-12-8-2,25-13-9-3)26-14-10-4;/h16-17,22-23,28-33H,7-15,18-21,24-27H2,1-6H3;1H4/q+3;. The third-order valence-electron chi connectivity index (χ3n) is 11.1. The number of unbranched alkanes of at least 4 members (excludes halogenated alkanes) is 6. The third-order valence-corrected chi connectivity index (χ3v) is 11.1. The Morgan fingerprint density at radius 3 is 1.42 bits per heavy atom. The quantitative estimate of drug-likeness (QED) is 0.0759. The first-order chi connectivity index (χ1) is 23.9. The van der Waals surface area contributed by atoms with Crippen molar-refractivity contribution < 1.29 is 23.1 Å². The summed E-state index contributed by atoms with van der Waals surface area (Å²) in [4.78, 5) is 0. The van der Waals surface area contributed by atoms with Crippen LogP contribution in [0.4, 0.5) is 11.4 Å². The summed E-state index contributed by atoms with van der Waals surface area (Å²) in [5.41, 5.74) is 9.56. The van der Waals surface area contributed by atoms with Crippen LogP contribution in [-0.4, -0.2) is 58.3 Å². The van der Waals surface area contributed by atoms with Gasteiger partial charge in [-0.3, -0.25) is 0 Å². The van der Waals surface area contributed by atoms with Crippen molar-refractivity contribution in [3.05, 3.63) is 81.9 Å². The Morgan fingerprint density at radius 2 is 0.980 bits per heavy atom. The van der Waals surface area contributed by atoms with Crippen LogP contribution in [0, 0.1) is 13.8 Å². The zero-order valence-corrected chi connectivity index (χ0v) is 31.5. The molecule has 6 rings (SSSR count). The van der Waals surface area contributed by atoms with Crippen LogP contribution in [0.15, 0.2) is 48.5 Å². The highest BCUT2D eigenvalue weighted by atomic mass is 16.7. The predicted molar refractivity (Wildman–Crippen MR) is 210 cm³/mol. The molecule has 5 nitrogen and oxygen atoms in total. The number of fused-ring (bicyclic) bond motifs is 5.